The van der Waals surface area contributed by atoms with Crippen LogP contribution in [-0.2, 0) is 0 Å². The van der Waals surface area contributed by atoms with Gasteiger partial charge < -0.3 is 5.32 Å². The lowest BCUT2D eigenvalue weighted by atomic mass is 10.2. The molecular weight excluding hydrogens is 232 g/mol. The van der Waals surface area contributed by atoms with Gasteiger partial charge in [0.1, 0.15) is 17.3 Å². The fourth-order valence-electron chi connectivity index (χ4n) is 1.21. The van der Waals surface area contributed by atoms with E-state index in [0.717, 1.165) is 12.1 Å². The van der Waals surface area contributed by atoms with Crippen LogP contribution in [0.5, 0.6) is 0 Å². The standard InChI is InChI=1S/C10H7F2N3O2/c1-5-9(15-17-14-5)13-10(16)6-2-7(11)4-8(12)3-6/h2-4H,1H3,(H,13,15,16). The monoisotopic (exact) mass is 239 g/mol. The fourth-order valence-corrected chi connectivity index (χ4v) is 1.21. The lowest BCUT2D eigenvalue weighted by molar-refractivity contribution is 0.102. The zero-order chi connectivity index (χ0) is 12.4. The van der Waals surface area contributed by atoms with Crippen molar-refractivity contribution in [3.63, 3.8) is 0 Å². The molecule has 5 nitrogen and oxygen atoms in total. The molecule has 0 aliphatic carbocycles. The van der Waals surface area contributed by atoms with Crippen LogP contribution in [0.15, 0.2) is 22.8 Å². The number of aromatic nitrogens is 2. The van der Waals surface area contributed by atoms with Crippen molar-refractivity contribution in [1.29, 1.82) is 0 Å². The molecule has 1 amide bonds. The van der Waals surface area contributed by atoms with E-state index in [1.807, 2.05) is 0 Å². The van der Waals surface area contributed by atoms with Crippen LogP contribution in [0.3, 0.4) is 0 Å². The molecule has 7 heteroatoms. The van der Waals surface area contributed by atoms with Crippen molar-refractivity contribution < 1.29 is 18.2 Å². The summed E-state index contributed by atoms with van der Waals surface area (Å²) >= 11 is 0. The van der Waals surface area contributed by atoms with Gasteiger partial charge in [-0.2, -0.15) is 0 Å². The van der Waals surface area contributed by atoms with Gasteiger partial charge in [-0.25, -0.2) is 13.4 Å². The molecule has 2 rings (SSSR count). The van der Waals surface area contributed by atoms with E-state index in [9.17, 15) is 13.6 Å². The molecule has 0 saturated carbocycles. The Morgan fingerprint density at radius 1 is 1.24 bits per heavy atom. The highest BCUT2D eigenvalue weighted by Gasteiger charge is 2.13. The minimum Gasteiger partial charge on any atom is -0.302 e. The van der Waals surface area contributed by atoms with Gasteiger partial charge in [0.25, 0.3) is 5.91 Å². The van der Waals surface area contributed by atoms with Crippen LogP contribution >= 0.6 is 0 Å². The van der Waals surface area contributed by atoms with E-state index in [-0.39, 0.29) is 11.4 Å². The van der Waals surface area contributed by atoms with Crippen molar-refractivity contribution in [3.05, 3.63) is 41.1 Å². The summed E-state index contributed by atoms with van der Waals surface area (Å²) in [6.07, 6.45) is 0. The van der Waals surface area contributed by atoms with Crippen molar-refractivity contribution in [1.82, 2.24) is 10.3 Å². The van der Waals surface area contributed by atoms with Crippen LogP contribution in [0.4, 0.5) is 14.6 Å². The zero-order valence-electron chi connectivity index (χ0n) is 8.70. The number of nitrogens with zero attached hydrogens (tertiary/aromatic N) is 2. The largest absolute Gasteiger partial charge is 0.302 e. The van der Waals surface area contributed by atoms with E-state index in [0.29, 0.717) is 11.8 Å². The van der Waals surface area contributed by atoms with Crippen LogP contribution in [0, 0.1) is 18.6 Å². The van der Waals surface area contributed by atoms with E-state index in [4.69, 9.17) is 0 Å². The van der Waals surface area contributed by atoms with Gasteiger partial charge in [0.15, 0.2) is 0 Å². The third-order valence-corrected chi connectivity index (χ3v) is 2.01. The lowest BCUT2D eigenvalue weighted by Crippen LogP contribution is -2.13. The highest BCUT2D eigenvalue weighted by atomic mass is 19.1. The maximum absolute atomic E-state index is 12.9. The van der Waals surface area contributed by atoms with Gasteiger partial charge in [0, 0.05) is 11.6 Å². The molecule has 1 aromatic heterocycles. The summed E-state index contributed by atoms with van der Waals surface area (Å²) < 4.78 is 30.1. The first-order chi connectivity index (χ1) is 8.06. The van der Waals surface area contributed by atoms with Crippen LogP contribution in [-0.4, -0.2) is 16.2 Å². The number of carbonyl (C=O) groups is 1. The molecule has 0 bridgehead atoms. The number of rotatable bonds is 2. The lowest BCUT2D eigenvalue weighted by Gasteiger charge is -2.02. The Balaban J connectivity index is 2.23. The molecule has 2 aromatic rings. The Morgan fingerprint density at radius 2 is 1.88 bits per heavy atom. The van der Waals surface area contributed by atoms with Gasteiger partial charge in [-0.3, -0.25) is 4.79 Å². The molecule has 0 aliphatic rings. The summed E-state index contributed by atoms with van der Waals surface area (Å²) in [6, 6.07) is 2.52. The van der Waals surface area contributed by atoms with Gasteiger partial charge in [-0.15, -0.1) is 0 Å². The predicted molar refractivity (Wildman–Crippen MR) is 53.3 cm³/mol. The number of benzene rings is 1. The van der Waals surface area contributed by atoms with Crippen LogP contribution in [0.1, 0.15) is 16.1 Å². The molecule has 0 fully saturated rings. The van der Waals surface area contributed by atoms with E-state index >= 15 is 0 Å². The van der Waals surface area contributed by atoms with Crippen molar-refractivity contribution in [2.24, 2.45) is 0 Å². The second-order valence-corrected chi connectivity index (χ2v) is 3.31. The molecule has 17 heavy (non-hydrogen) atoms. The maximum atomic E-state index is 12.9. The SMILES string of the molecule is Cc1nonc1NC(=O)c1cc(F)cc(F)c1. The average Bonchev–Trinajstić information content (AvgIpc) is 2.63. The Labute approximate surface area is 94.4 Å². The van der Waals surface area contributed by atoms with Crippen molar-refractivity contribution in [2.45, 2.75) is 6.92 Å². The second-order valence-electron chi connectivity index (χ2n) is 3.31. The van der Waals surface area contributed by atoms with E-state index in [2.05, 4.69) is 20.3 Å². The van der Waals surface area contributed by atoms with Crippen LogP contribution < -0.4 is 5.32 Å². The number of nitrogens with one attached hydrogen (secondary N) is 1. The average molecular weight is 239 g/mol. The molecule has 1 heterocycles. The first kappa shape index (κ1) is 11.2. The van der Waals surface area contributed by atoms with Crippen molar-refractivity contribution in [2.75, 3.05) is 5.32 Å². The smallest absolute Gasteiger partial charge is 0.257 e. The Hall–Kier alpha value is -2.31. The normalized spacial score (nSPS) is 10.3. The Bertz CT molecular complexity index is 548. The summed E-state index contributed by atoms with van der Waals surface area (Å²) in [5.41, 5.74) is 0.222. The van der Waals surface area contributed by atoms with Gasteiger partial charge in [-0.05, 0) is 24.2 Å². The molecule has 1 N–H and O–H groups in total. The van der Waals surface area contributed by atoms with Crippen LogP contribution in [0.2, 0.25) is 0 Å². The number of carbonyl (C=O) groups excluding carboxylic acids is 1. The van der Waals surface area contributed by atoms with Crippen LogP contribution in [0.25, 0.3) is 0 Å². The number of hydrogen-bond donors (Lipinski definition) is 1. The number of anilines is 1. The number of amides is 1. The summed E-state index contributed by atoms with van der Waals surface area (Å²) in [5.74, 6) is -2.24. The minimum absolute atomic E-state index is 0.111. The van der Waals surface area contributed by atoms with Gasteiger partial charge in [-0.1, -0.05) is 5.16 Å². The zero-order valence-corrected chi connectivity index (χ0v) is 8.70. The third-order valence-electron chi connectivity index (χ3n) is 2.01. The first-order valence-corrected chi connectivity index (χ1v) is 4.63. The van der Waals surface area contributed by atoms with E-state index < -0.39 is 17.5 Å². The summed E-state index contributed by atoms with van der Waals surface area (Å²) in [6.45, 7) is 1.57. The molecule has 0 spiro atoms. The topological polar surface area (TPSA) is 68.0 Å². The molecule has 88 valence electrons. The number of hydrogen-bond acceptors (Lipinski definition) is 4. The Kier molecular flexibility index (Phi) is 2.82. The van der Waals surface area contributed by atoms with E-state index in [1.54, 1.807) is 6.92 Å². The van der Waals surface area contributed by atoms with Crippen molar-refractivity contribution >= 4 is 11.7 Å². The van der Waals surface area contributed by atoms with E-state index in [1.165, 1.54) is 0 Å². The Morgan fingerprint density at radius 3 is 2.41 bits per heavy atom. The molecular formula is C10H7F2N3O2. The summed E-state index contributed by atoms with van der Waals surface area (Å²) in [7, 11) is 0. The fraction of sp³-hybridized carbons (Fsp3) is 0.100. The second kappa shape index (κ2) is 4.28. The summed E-state index contributed by atoms with van der Waals surface area (Å²) in [5, 5.41) is 9.19. The molecule has 1 aromatic carbocycles. The maximum Gasteiger partial charge on any atom is 0.257 e. The molecule has 0 unspecified atom stereocenters. The molecule has 0 radical (unpaired) electrons. The number of aryl methyl sites for hydroxylation is 1. The predicted octanol–water partition coefficient (Wildman–Crippen LogP) is 1.91. The van der Waals surface area contributed by atoms with Gasteiger partial charge in [0.2, 0.25) is 5.82 Å². The number of halogens is 2. The van der Waals surface area contributed by atoms with Gasteiger partial charge in [0.05, 0.1) is 0 Å². The quantitative estimate of drug-likeness (QED) is 0.869. The highest BCUT2D eigenvalue weighted by Crippen LogP contribution is 2.12. The molecule has 0 atom stereocenters. The minimum atomic E-state index is -0.829. The third kappa shape index (κ3) is 2.44. The summed E-state index contributed by atoms with van der Waals surface area (Å²) in [4.78, 5) is 11.6. The molecule has 0 saturated heterocycles. The first-order valence-electron chi connectivity index (χ1n) is 4.63. The highest BCUT2D eigenvalue weighted by molar-refractivity contribution is 6.03. The molecule has 0 aliphatic heterocycles. The van der Waals surface area contributed by atoms with Crippen molar-refractivity contribution in [3.8, 4) is 0 Å². The van der Waals surface area contributed by atoms with Gasteiger partial charge >= 0.3 is 0 Å².